The number of methoxy groups -OCH3 is 2. The predicted octanol–water partition coefficient (Wildman–Crippen LogP) is 2.89. The van der Waals surface area contributed by atoms with Gasteiger partial charge in [0.1, 0.15) is 0 Å². The van der Waals surface area contributed by atoms with Crippen molar-refractivity contribution in [2.75, 3.05) is 25.3 Å². The molecule has 0 amide bonds. The lowest BCUT2D eigenvalue weighted by Crippen LogP contribution is -2.02. The smallest absolute Gasteiger partial charge is 0.162 e. The van der Waals surface area contributed by atoms with Gasteiger partial charge in [-0.25, -0.2) is 0 Å². The molecule has 0 radical (unpaired) electrons. The Labute approximate surface area is 124 Å². The van der Waals surface area contributed by atoms with Gasteiger partial charge >= 0.3 is 0 Å². The van der Waals surface area contributed by atoms with Crippen LogP contribution in [0.4, 0.5) is 17.2 Å². The van der Waals surface area contributed by atoms with Crippen molar-refractivity contribution < 1.29 is 9.47 Å². The van der Waals surface area contributed by atoms with Gasteiger partial charge in [0.15, 0.2) is 17.3 Å². The quantitative estimate of drug-likeness (QED) is 0.885. The molecule has 0 fully saturated rings. The Kier molecular flexibility index (Phi) is 4.26. The monoisotopic (exact) mass is 290 g/mol. The summed E-state index contributed by atoms with van der Waals surface area (Å²) in [5, 5.41) is 7.74. The minimum Gasteiger partial charge on any atom is -0.493 e. The SMILES string of the molecule is COc1ccc(Nc2c(N)c(C(C)C)nn2C)cc1OC. The van der Waals surface area contributed by atoms with E-state index in [-0.39, 0.29) is 5.92 Å². The Balaban J connectivity index is 2.34. The molecule has 6 heteroatoms. The van der Waals surface area contributed by atoms with Crippen LogP contribution in [-0.4, -0.2) is 24.0 Å². The van der Waals surface area contributed by atoms with E-state index in [0.717, 1.165) is 17.2 Å². The van der Waals surface area contributed by atoms with Crippen molar-refractivity contribution in [2.45, 2.75) is 19.8 Å². The number of anilines is 3. The number of hydrogen-bond donors (Lipinski definition) is 2. The van der Waals surface area contributed by atoms with Crippen LogP contribution in [0, 0.1) is 0 Å². The average Bonchev–Trinajstić information content (AvgIpc) is 2.75. The second kappa shape index (κ2) is 5.95. The summed E-state index contributed by atoms with van der Waals surface area (Å²) in [7, 11) is 5.08. The zero-order valence-corrected chi connectivity index (χ0v) is 13.1. The summed E-state index contributed by atoms with van der Waals surface area (Å²) in [5.41, 5.74) is 8.59. The highest BCUT2D eigenvalue weighted by Crippen LogP contribution is 2.34. The van der Waals surface area contributed by atoms with E-state index in [1.807, 2.05) is 25.2 Å². The maximum atomic E-state index is 6.18. The molecule has 0 unspecified atom stereocenters. The number of ether oxygens (including phenoxy) is 2. The molecule has 1 heterocycles. The third-order valence-electron chi connectivity index (χ3n) is 3.31. The molecule has 0 aliphatic rings. The van der Waals surface area contributed by atoms with Crippen LogP contribution in [0.15, 0.2) is 18.2 Å². The van der Waals surface area contributed by atoms with Gasteiger partial charge in [0, 0.05) is 18.8 Å². The number of hydrogen-bond acceptors (Lipinski definition) is 5. The molecule has 1 aromatic heterocycles. The molecule has 3 N–H and O–H groups in total. The van der Waals surface area contributed by atoms with Crippen LogP contribution in [0.1, 0.15) is 25.5 Å². The Bertz CT molecular complexity index is 635. The predicted molar refractivity (Wildman–Crippen MR) is 84.5 cm³/mol. The van der Waals surface area contributed by atoms with Gasteiger partial charge in [-0.2, -0.15) is 5.10 Å². The number of nitrogens with zero attached hydrogens (tertiary/aromatic N) is 2. The lowest BCUT2D eigenvalue weighted by molar-refractivity contribution is 0.355. The van der Waals surface area contributed by atoms with Crippen LogP contribution < -0.4 is 20.5 Å². The van der Waals surface area contributed by atoms with E-state index in [0.29, 0.717) is 17.2 Å². The highest BCUT2D eigenvalue weighted by molar-refractivity contribution is 5.72. The molecule has 0 bridgehead atoms. The third kappa shape index (κ3) is 2.89. The molecular weight excluding hydrogens is 268 g/mol. The minimum absolute atomic E-state index is 0.275. The number of nitrogens with two attached hydrogens (primary N) is 1. The largest absolute Gasteiger partial charge is 0.493 e. The molecule has 0 saturated heterocycles. The van der Waals surface area contributed by atoms with Gasteiger partial charge < -0.3 is 20.5 Å². The van der Waals surface area contributed by atoms with Gasteiger partial charge in [0.25, 0.3) is 0 Å². The first-order chi connectivity index (χ1) is 9.97. The summed E-state index contributed by atoms with van der Waals surface area (Å²) in [6.45, 7) is 4.14. The van der Waals surface area contributed by atoms with E-state index in [9.17, 15) is 0 Å². The number of nitrogen functional groups attached to an aromatic ring is 1. The van der Waals surface area contributed by atoms with Crippen molar-refractivity contribution in [3.05, 3.63) is 23.9 Å². The fraction of sp³-hybridized carbons (Fsp3) is 0.400. The summed E-state index contributed by atoms with van der Waals surface area (Å²) in [6.07, 6.45) is 0. The lowest BCUT2D eigenvalue weighted by atomic mass is 10.1. The summed E-state index contributed by atoms with van der Waals surface area (Å²) in [5.74, 6) is 2.39. The highest BCUT2D eigenvalue weighted by atomic mass is 16.5. The molecule has 6 nitrogen and oxygen atoms in total. The van der Waals surface area contributed by atoms with Crippen molar-refractivity contribution >= 4 is 17.2 Å². The van der Waals surface area contributed by atoms with Crippen molar-refractivity contribution in [3.8, 4) is 11.5 Å². The average molecular weight is 290 g/mol. The van der Waals surface area contributed by atoms with Crippen LogP contribution in [0.2, 0.25) is 0 Å². The summed E-state index contributed by atoms with van der Waals surface area (Å²) in [4.78, 5) is 0. The van der Waals surface area contributed by atoms with Gasteiger partial charge in [0.2, 0.25) is 0 Å². The lowest BCUT2D eigenvalue weighted by Gasteiger charge is -2.12. The van der Waals surface area contributed by atoms with E-state index in [2.05, 4.69) is 24.3 Å². The molecule has 0 saturated carbocycles. The fourth-order valence-electron chi connectivity index (χ4n) is 2.19. The molecular formula is C15H22N4O2. The molecule has 2 rings (SSSR count). The van der Waals surface area contributed by atoms with Gasteiger partial charge in [0.05, 0.1) is 25.6 Å². The number of nitrogens with one attached hydrogen (secondary N) is 1. The normalized spacial score (nSPS) is 10.8. The van der Waals surface area contributed by atoms with Crippen molar-refractivity contribution in [2.24, 2.45) is 7.05 Å². The molecule has 21 heavy (non-hydrogen) atoms. The van der Waals surface area contributed by atoms with Crippen LogP contribution in [0.3, 0.4) is 0 Å². The number of aryl methyl sites for hydroxylation is 1. The summed E-state index contributed by atoms with van der Waals surface area (Å²) >= 11 is 0. The number of rotatable bonds is 5. The molecule has 1 aromatic carbocycles. The fourth-order valence-corrected chi connectivity index (χ4v) is 2.19. The first-order valence-electron chi connectivity index (χ1n) is 6.79. The van der Waals surface area contributed by atoms with Crippen LogP contribution >= 0.6 is 0 Å². The van der Waals surface area contributed by atoms with E-state index in [1.54, 1.807) is 18.9 Å². The first-order valence-corrected chi connectivity index (χ1v) is 6.79. The Morgan fingerprint density at radius 3 is 2.38 bits per heavy atom. The van der Waals surface area contributed by atoms with Gasteiger partial charge in [-0.3, -0.25) is 4.68 Å². The second-order valence-electron chi connectivity index (χ2n) is 5.12. The van der Waals surface area contributed by atoms with Crippen molar-refractivity contribution in [3.63, 3.8) is 0 Å². The maximum absolute atomic E-state index is 6.18. The van der Waals surface area contributed by atoms with E-state index >= 15 is 0 Å². The van der Waals surface area contributed by atoms with E-state index < -0.39 is 0 Å². The van der Waals surface area contributed by atoms with Gasteiger partial charge in [-0.15, -0.1) is 0 Å². The highest BCUT2D eigenvalue weighted by Gasteiger charge is 2.16. The molecule has 0 aliphatic heterocycles. The van der Waals surface area contributed by atoms with Gasteiger partial charge in [-0.05, 0) is 18.1 Å². The topological polar surface area (TPSA) is 74.3 Å². The zero-order chi connectivity index (χ0) is 15.6. The summed E-state index contributed by atoms with van der Waals surface area (Å²) in [6, 6.07) is 5.61. The van der Waals surface area contributed by atoms with E-state index in [4.69, 9.17) is 15.2 Å². The van der Waals surface area contributed by atoms with Crippen molar-refractivity contribution in [1.29, 1.82) is 0 Å². The zero-order valence-electron chi connectivity index (χ0n) is 13.1. The molecule has 2 aromatic rings. The van der Waals surface area contributed by atoms with Crippen LogP contribution in [0.25, 0.3) is 0 Å². The van der Waals surface area contributed by atoms with Crippen LogP contribution in [0.5, 0.6) is 11.5 Å². The Morgan fingerprint density at radius 1 is 1.19 bits per heavy atom. The van der Waals surface area contributed by atoms with E-state index in [1.165, 1.54) is 0 Å². The molecule has 114 valence electrons. The summed E-state index contributed by atoms with van der Waals surface area (Å²) < 4.78 is 12.3. The maximum Gasteiger partial charge on any atom is 0.162 e. The Morgan fingerprint density at radius 2 is 1.86 bits per heavy atom. The second-order valence-corrected chi connectivity index (χ2v) is 5.12. The number of aromatic nitrogens is 2. The first kappa shape index (κ1) is 15.0. The van der Waals surface area contributed by atoms with Gasteiger partial charge in [-0.1, -0.05) is 13.8 Å². The van der Waals surface area contributed by atoms with Crippen LogP contribution in [-0.2, 0) is 7.05 Å². The third-order valence-corrected chi connectivity index (χ3v) is 3.31. The Hall–Kier alpha value is -2.37. The number of benzene rings is 1. The minimum atomic E-state index is 0.275. The standard InChI is InChI=1S/C15H22N4O2/c1-9(2)14-13(16)15(19(3)18-14)17-10-6-7-11(20-4)12(8-10)21-5/h6-9,17H,16H2,1-5H3. The molecule has 0 spiro atoms. The van der Waals surface area contributed by atoms with Crippen molar-refractivity contribution in [1.82, 2.24) is 9.78 Å². The molecule has 0 aliphatic carbocycles. The molecule has 0 atom stereocenters.